The van der Waals surface area contributed by atoms with E-state index in [1.54, 1.807) is 37.3 Å². The van der Waals surface area contributed by atoms with E-state index < -0.39 is 28.9 Å². The van der Waals surface area contributed by atoms with Gasteiger partial charge in [0.05, 0.1) is 17.3 Å². The molecule has 40 heavy (non-hydrogen) atoms. The van der Waals surface area contributed by atoms with Crippen LogP contribution in [0.4, 0.5) is 10.1 Å². The molecule has 4 aliphatic rings. The van der Waals surface area contributed by atoms with Crippen molar-refractivity contribution < 1.29 is 32.7 Å². The lowest BCUT2D eigenvalue weighted by Gasteiger charge is -2.70. The van der Waals surface area contributed by atoms with Crippen LogP contribution in [-0.2, 0) is 9.59 Å². The maximum absolute atomic E-state index is 13.6. The molecule has 2 N–H and O–H groups in total. The molecular weight excluding hydrogens is 564 g/mol. The van der Waals surface area contributed by atoms with Crippen molar-refractivity contribution in [2.75, 3.05) is 18.1 Å². The Labute approximate surface area is 238 Å². The first-order valence-electron chi connectivity index (χ1n) is 12.6. The number of rotatable bonds is 7. The van der Waals surface area contributed by atoms with Crippen LogP contribution in [0.15, 0.2) is 52.9 Å². The second-order valence-electron chi connectivity index (χ2n) is 10.5. The maximum atomic E-state index is 13.6. The summed E-state index contributed by atoms with van der Waals surface area (Å²) in [7, 11) is 0. The highest BCUT2D eigenvalue weighted by Crippen LogP contribution is 2.60. The summed E-state index contributed by atoms with van der Waals surface area (Å²) in [5.74, 6) is -0.453. The van der Waals surface area contributed by atoms with Gasteiger partial charge in [0.2, 0.25) is 0 Å². The van der Waals surface area contributed by atoms with Crippen LogP contribution in [-0.4, -0.2) is 48.1 Å². The van der Waals surface area contributed by atoms with Gasteiger partial charge in [-0.15, -0.1) is 0 Å². The van der Waals surface area contributed by atoms with Gasteiger partial charge in [-0.3, -0.25) is 19.3 Å². The van der Waals surface area contributed by atoms with Gasteiger partial charge in [0.25, 0.3) is 17.7 Å². The van der Waals surface area contributed by atoms with Gasteiger partial charge in [-0.1, -0.05) is 23.2 Å². The minimum atomic E-state index is -0.957. The molecule has 7 rings (SSSR count). The predicted molar refractivity (Wildman–Crippen MR) is 143 cm³/mol. The fraction of sp³-hybridized carbons (Fsp3) is 0.321. The molecule has 0 radical (unpaired) electrons. The van der Waals surface area contributed by atoms with Crippen LogP contribution in [0.2, 0.25) is 10.0 Å². The number of carbonyl (C=O) groups excluding carboxylic acids is 3. The number of carbonyl (C=O) groups is 3. The number of aryl methyl sites for hydroxylation is 1. The number of halogens is 3. The molecule has 0 spiro atoms. The molecule has 1 atom stereocenters. The van der Waals surface area contributed by atoms with E-state index in [-0.39, 0.29) is 41.5 Å². The van der Waals surface area contributed by atoms with Gasteiger partial charge in [-0.2, -0.15) is 0 Å². The van der Waals surface area contributed by atoms with E-state index in [4.69, 9.17) is 37.1 Å². The SMILES string of the molecule is Cc1ccc(C(=O)N2CC(C(=O)NC34CC(NC(=O)COc5ccc(Cl)c(F)c5)(C3)C4)Oc3ccc(Cl)cc32)o1. The number of nitrogens with one attached hydrogen (secondary N) is 2. The van der Waals surface area contributed by atoms with Gasteiger partial charge in [0, 0.05) is 22.2 Å². The lowest BCUT2D eigenvalue weighted by Crippen LogP contribution is -2.84. The molecule has 12 heteroatoms. The second-order valence-corrected chi connectivity index (χ2v) is 11.4. The summed E-state index contributed by atoms with van der Waals surface area (Å²) in [5, 5.41) is 6.40. The van der Waals surface area contributed by atoms with E-state index in [2.05, 4.69) is 10.6 Å². The molecule has 3 aliphatic carbocycles. The number of anilines is 1. The van der Waals surface area contributed by atoms with Crippen LogP contribution >= 0.6 is 23.2 Å². The van der Waals surface area contributed by atoms with Crippen LogP contribution in [0, 0.1) is 12.7 Å². The number of hydrogen-bond acceptors (Lipinski definition) is 6. The molecule has 3 saturated carbocycles. The van der Waals surface area contributed by atoms with Crippen molar-refractivity contribution >= 4 is 46.6 Å². The third-order valence-electron chi connectivity index (χ3n) is 7.40. The zero-order valence-corrected chi connectivity index (χ0v) is 22.8. The van der Waals surface area contributed by atoms with Crippen molar-refractivity contribution in [3.63, 3.8) is 0 Å². The number of nitrogens with zero attached hydrogens (tertiary/aromatic N) is 1. The Morgan fingerprint density at radius 1 is 1.05 bits per heavy atom. The third-order valence-corrected chi connectivity index (χ3v) is 7.94. The van der Waals surface area contributed by atoms with E-state index in [1.807, 2.05) is 0 Å². The summed E-state index contributed by atoms with van der Waals surface area (Å²) in [4.78, 5) is 40.4. The van der Waals surface area contributed by atoms with Crippen LogP contribution in [0.1, 0.15) is 35.6 Å². The fourth-order valence-corrected chi connectivity index (χ4v) is 5.99. The standard InChI is InChI=1S/C28H24Cl2FN3O6/c1-15-2-6-22(39-15)26(37)34-10-23(40-21-7-3-16(29)8-20(21)34)25(36)33-28-12-27(13-28,14-28)32-24(35)11-38-17-4-5-18(30)19(31)9-17/h2-9,23H,10-14H2,1H3,(H,32,35)(H,33,36). The normalized spacial score (nSPS) is 24.1. The van der Waals surface area contributed by atoms with Crippen LogP contribution in [0.5, 0.6) is 11.5 Å². The third kappa shape index (κ3) is 4.86. The molecule has 1 aliphatic heterocycles. The Hall–Kier alpha value is -3.76. The number of furan rings is 1. The van der Waals surface area contributed by atoms with Gasteiger partial charge in [0.15, 0.2) is 18.5 Å². The molecule has 208 valence electrons. The summed E-state index contributed by atoms with van der Waals surface area (Å²) >= 11 is 11.8. The quantitative estimate of drug-likeness (QED) is 0.423. The van der Waals surface area contributed by atoms with Crippen LogP contribution in [0.25, 0.3) is 0 Å². The van der Waals surface area contributed by atoms with E-state index >= 15 is 0 Å². The largest absolute Gasteiger partial charge is 0.484 e. The van der Waals surface area contributed by atoms with Gasteiger partial charge in [-0.25, -0.2) is 4.39 Å². The maximum Gasteiger partial charge on any atom is 0.294 e. The van der Waals surface area contributed by atoms with Gasteiger partial charge >= 0.3 is 0 Å². The number of fused-ring (bicyclic) bond motifs is 1. The minimum Gasteiger partial charge on any atom is -0.484 e. The van der Waals surface area contributed by atoms with E-state index in [0.29, 0.717) is 41.5 Å². The van der Waals surface area contributed by atoms with E-state index in [1.165, 1.54) is 17.0 Å². The summed E-state index contributed by atoms with van der Waals surface area (Å²) in [6, 6.07) is 12.1. The second kappa shape index (κ2) is 9.71. The minimum absolute atomic E-state index is 0.0294. The molecular formula is C28H24Cl2FN3O6. The Balaban J connectivity index is 1.05. The van der Waals surface area contributed by atoms with Gasteiger partial charge in [0.1, 0.15) is 23.1 Å². The molecule has 1 unspecified atom stereocenters. The predicted octanol–water partition coefficient (Wildman–Crippen LogP) is 4.43. The van der Waals surface area contributed by atoms with Crippen LogP contribution in [0.3, 0.4) is 0 Å². The fourth-order valence-electron chi connectivity index (χ4n) is 5.71. The molecule has 3 fully saturated rings. The lowest BCUT2D eigenvalue weighted by molar-refractivity contribution is -0.153. The lowest BCUT2D eigenvalue weighted by atomic mass is 9.44. The number of benzene rings is 2. The molecule has 3 amide bonds. The van der Waals surface area contributed by atoms with E-state index in [0.717, 1.165) is 6.07 Å². The van der Waals surface area contributed by atoms with Crippen molar-refractivity contribution in [2.24, 2.45) is 0 Å². The summed E-state index contributed by atoms with van der Waals surface area (Å²) < 4.78 is 30.4. The average Bonchev–Trinajstić information content (AvgIpc) is 3.32. The van der Waals surface area contributed by atoms with Crippen molar-refractivity contribution in [3.8, 4) is 11.5 Å². The number of ether oxygens (including phenoxy) is 2. The summed E-state index contributed by atoms with van der Waals surface area (Å²) in [6.07, 6.45) is 0.710. The molecule has 1 aromatic heterocycles. The zero-order chi connectivity index (χ0) is 28.2. The van der Waals surface area contributed by atoms with Crippen molar-refractivity contribution in [1.29, 1.82) is 0 Å². The zero-order valence-electron chi connectivity index (χ0n) is 21.3. The summed E-state index contributed by atoms with van der Waals surface area (Å²) in [5.41, 5.74) is -0.429. The first-order chi connectivity index (χ1) is 19.0. The smallest absolute Gasteiger partial charge is 0.294 e. The molecule has 2 heterocycles. The average molecular weight is 588 g/mol. The highest BCUT2D eigenvalue weighted by Gasteiger charge is 2.69. The number of amides is 3. The van der Waals surface area contributed by atoms with Gasteiger partial charge in [-0.05, 0) is 68.7 Å². The van der Waals surface area contributed by atoms with Crippen molar-refractivity contribution in [2.45, 2.75) is 43.4 Å². The van der Waals surface area contributed by atoms with Gasteiger partial charge < -0.3 is 24.5 Å². The topological polar surface area (TPSA) is 110 Å². The van der Waals surface area contributed by atoms with E-state index in [9.17, 15) is 18.8 Å². The highest BCUT2D eigenvalue weighted by atomic mass is 35.5. The Morgan fingerprint density at radius 3 is 2.50 bits per heavy atom. The highest BCUT2D eigenvalue weighted by molar-refractivity contribution is 6.31. The molecule has 2 aromatic carbocycles. The Kier molecular flexibility index (Phi) is 6.42. The monoisotopic (exact) mass is 587 g/mol. The first kappa shape index (κ1) is 26.5. The molecule has 0 saturated heterocycles. The number of hydrogen-bond donors (Lipinski definition) is 2. The van der Waals surface area contributed by atoms with Crippen molar-refractivity contribution in [1.82, 2.24) is 10.6 Å². The van der Waals surface area contributed by atoms with Crippen molar-refractivity contribution in [3.05, 3.63) is 75.9 Å². The summed E-state index contributed by atoms with van der Waals surface area (Å²) in [6.45, 7) is 1.43. The molecule has 2 bridgehead atoms. The van der Waals surface area contributed by atoms with Crippen LogP contribution < -0.4 is 25.0 Å². The first-order valence-corrected chi connectivity index (χ1v) is 13.3. The Morgan fingerprint density at radius 2 is 1.80 bits per heavy atom. The molecule has 3 aromatic rings. The molecule has 9 nitrogen and oxygen atoms in total. The Bertz CT molecular complexity index is 1520.